The van der Waals surface area contributed by atoms with Gasteiger partial charge in [0.2, 0.25) is 0 Å². The molecular weight excluding hydrogens is 926 g/mol. The van der Waals surface area contributed by atoms with Crippen LogP contribution in [0.25, 0.3) is 66.1 Å². The second-order valence-corrected chi connectivity index (χ2v) is 26.2. The van der Waals surface area contributed by atoms with Gasteiger partial charge in [-0.2, -0.15) is 0 Å². The first-order chi connectivity index (χ1) is 35.1. The third-order valence-corrected chi connectivity index (χ3v) is 24.4. The number of anilines is 3. The van der Waals surface area contributed by atoms with Crippen molar-refractivity contribution in [1.82, 2.24) is 9.13 Å². The number of aromatic nitrogens is 2. The number of halogens is 1. The van der Waals surface area contributed by atoms with Crippen LogP contribution in [-0.2, 0) is 0 Å². The Morgan fingerprint density at radius 1 is 0.282 bits per heavy atom. The van der Waals surface area contributed by atoms with E-state index in [2.05, 4.69) is 269 Å². The van der Waals surface area contributed by atoms with E-state index in [0.717, 1.165) is 66.9 Å². The van der Waals surface area contributed by atoms with Gasteiger partial charge in [0.15, 0.2) is 0 Å². The molecule has 0 aliphatic heterocycles. The third-order valence-electron chi connectivity index (χ3n) is 14.3. The zero-order valence-corrected chi connectivity index (χ0v) is 40.9. The van der Waals surface area contributed by atoms with Gasteiger partial charge in [0.25, 0.3) is 0 Å². The summed E-state index contributed by atoms with van der Waals surface area (Å²) < 4.78 is 24.7. The summed E-state index contributed by atoms with van der Waals surface area (Å²) >= 11 is -3.45. The van der Waals surface area contributed by atoms with Crippen molar-refractivity contribution >= 4 is 91.5 Å². The molecule has 0 atom stereocenters. The minimum atomic E-state index is -3.45. The van der Waals surface area contributed by atoms with E-state index in [-0.39, 0.29) is 5.82 Å². The Bertz CT molecular complexity index is 3930. The first kappa shape index (κ1) is 42.4. The fourth-order valence-electron chi connectivity index (χ4n) is 11.2. The average Bonchev–Trinajstić information content (AvgIpc) is 3.95. The van der Waals surface area contributed by atoms with E-state index < -0.39 is 13.3 Å². The second kappa shape index (κ2) is 17.7. The van der Waals surface area contributed by atoms with E-state index in [0.29, 0.717) is 0 Å². The van der Waals surface area contributed by atoms with Crippen LogP contribution in [0, 0.1) is 5.82 Å². The van der Waals surface area contributed by atoms with Crippen molar-refractivity contribution in [2.75, 3.05) is 4.90 Å². The molecule has 0 aliphatic rings. The predicted octanol–water partition coefficient (Wildman–Crippen LogP) is 14.5. The van der Waals surface area contributed by atoms with Crippen molar-refractivity contribution in [3.63, 3.8) is 0 Å². The van der Waals surface area contributed by atoms with E-state index in [1.807, 2.05) is 12.1 Å². The van der Waals surface area contributed by atoms with Crippen LogP contribution >= 0.6 is 0 Å². The van der Waals surface area contributed by atoms with Crippen LogP contribution in [0.1, 0.15) is 0 Å². The molecule has 336 valence electrons. The summed E-state index contributed by atoms with van der Waals surface area (Å²) in [6.45, 7) is 0. The molecule has 2 aromatic heterocycles. The first-order valence-corrected chi connectivity index (χ1v) is 28.4. The molecule has 11 aromatic carbocycles. The van der Waals surface area contributed by atoms with Crippen LogP contribution in [0.2, 0.25) is 0 Å². The number of hydrogen-bond donors (Lipinski definition) is 0. The summed E-state index contributed by atoms with van der Waals surface area (Å²) in [4.78, 5) is 2.36. The van der Waals surface area contributed by atoms with Crippen molar-refractivity contribution in [3.8, 4) is 22.5 Å². The van der Waals surface area contributed by atoms with Crippen molar-refractivity contribution in [3.05, 3.63) is 285 Å². The van der Waals surface area contributed by atoms with Gasteiger partial charge < -0.3 is 4.57 Å². The molecule has 0 saturated heterocycles. The molecule has 0 N–H and O–H groups in total. The number of fused-ring (bicyclic) bond motifs is 6. The quantitative estimate of drug-likeness (QED) is 0.125. The molecule has 0 radical (unpaired) electrons. The van der Waals surface area contributed by atoms with Crippen molar-refractivity contribution in [2.45, 2.75) is 0 Å². The third kappa shape index (κ3) is 7.18. The zero-order valence-electron chi connectivity index (χ0n) is 38.8. The van der Waals surface area contributed by atoms with E-state index >= 15 is 0 Å². The van der Waals surface area contributed by atoms with Crippen molar-refractivity contribution in [2.24, 2.45) is 0 Å². The van der Waals surface area contributed by atoms with Gasteiger partial charge in [-0.05, 0) is 48.5 Å². The molecule has 0 aliphatic carbocycles. The summed E-state index contributed by atoms with van der Waals surface area (Å²) in [6, 6.07) is 100.0. The Hall–Kier alpha value is -8.71. The number of benzene rings is 11. The summed E-state index contributed by atoms with van der Waals surface area (Å²) in [7, 11) is 0. The Labute approximate surface area is 414 Å². The van der Waals surface area contributed by atoms with E-state index in [1.165, 1.54) is 33.9 Å². The average molecular weight is 973 g/mol. The fourth-order valence-corrected chi connectivity index (χ4v) is 21.1. The van der Waals surface area contributed by atoms with Gasteiger partial charge in [0.1, 0.15) is 5.82 Å². The predicted molar refractivity (Wildman–Crippen MR) is 299 cm³/mol. The van der Waals surface area contributed by atoms with E-state index in [1.54, 1.807) is 12.1 Å². The molecule has 0 unspecified atom stereocenters. The van der Waals surface area contributed by atoms with Crippen LogP contribution in [0.4, 0.5) is 21.5 Å². The Kier molecular flexibility index (Phi) is 10.6. The monoisotopic (exact) mass is 973 g/mol. The molecule has 13 aromatic rings. The number of hydrogen-bond acceptors (Lipinski definition) is 1. The van der Waals surface area contributed by atoms with Crippen LogP contribution in [0.15, 0.2) is 279 Å². The maximum atomic E-state index is 14.5. The molecule has 13 rings (SSSR count). The van der Waals surface area contributed by atoms with Gasteiger partial charge in [0, 0.05) is 16.5 Å². The first-order valence-electron chi connectivity index (χ1n) is 24.2. The van der Waals surface area contributed by atoms with Gasteiger partial charge in [-0.1, -0.05) is 54.6 Å². The number of para-hydroxylation sites is 3. The van der Waals surface area contributed by atoms with Crippen LogP contribution in [0.5, 0.6) is 0 Å². The molecule has 0 fully saturated rings. The van der Waals surface area contributed by atoms with Gasteiger partial charge >= 0.3 is 272 Å². The molecule has 2 heterocycles. The number of rotatable bonds is 10. The summed E-state index contributed by atoms with van der Waals surface area (Å²) in [5.41, 5.74) is 11.9. The zero-order chi connectivity index (χ0) is 47.3. The van der Waals surface area contributed by atoms with Crippen LogP contribution < -0.4 is 22.5 Å². The van der Waals surface area contributed by atoms with Crippen LogP contribution in [-0.4, -0.2) is 22.4 Å². The van der Waals surface area contributed by atoms with Gasteiger partial charge in [0.05, 0.1) is 11.0 Å². The molecule has 0 spiro atoms. The summed E-state index contributed by atoms with van der Waals surface area (Å²) in [6.07, 6.45) is 0. The van der Waals surface area contributed by atoms with Crippen LogP contribution in [0.3, 0.4) is 0 Å². The molecule has 5 heteroatoms. The van der Waals surface area contributed by atoms with E-state index in [4.69, 9.17) is 0 Å². The molecule has 3 nitrogen and oxygen atoms in total. The molecular formula is C66H46FGeN3. The Morgan fingerprint density at radius 3 is 1.23 bits per heavy atom. The van der Waals surface area contributed by atoms with Gasteiger partial charge in [-0.3, -0.25) is 0 Å². The maximum absolute atomic E-state index is 14.5. The molecule has 71 heavy (non-hydrogen) atoms. The fraction of sp³-hybridized carbons (Fsp3) is 0. The molecule has 0 amide bonds. The Morgan fingerprint density at radius 2 is 0.676 bits per heavy atom. The van der Waals surface area contributed by atoms with E-state index in [9.17, 15) is 4.39 Å². The normalized spacial score (nSPS) is 11.7. The van der Waals surface area contributed by atoms with Gasteiger partial charge in [-0.15, -0.1) is 0 Å². The molecule has 0 saturated carbocycles. The number of nitrogens with zero attached hydrogens (tertiary/aromatic N) is 3. The van der Waals surface area contributed by atoms with Crippen molar-refractivity contribution < 1.29 is 4.39 Å². The Balaban J connectivity index is 0.984. The van der Waals surface area contributed by atoms with Gasteiger partial charge in [-0.25, -0.2) is 4.39 Å². The summed E-state index contributed by atoms with van der Waals surface area (Å²) in [5, 5.41) is 4.61. The molecule has 0 bridgehead atoms. The SMILES string of the molecule is Fc1ccc(-n2c3ccc(-c4cc[c]([Ge]([c]5ccccc5)([c]5ccccc5)[c]5ccccc5)cc4)cc3c3cc(N(c4ccccc4)c4ccc5c(c4)c4ccccc4n5-c4ccccc4)ccc32)cc1. The minimum absolute atomic E-state index is 0.259. The second-order valence-electron chi connectivity index (χ2n) is 18.2. The van der Waals surface area contributed by atoms with Crippen molar-refractivity contribution in [1.29, 1.82) is 0 Å². The standard InChI is InChI=1S/C66H46FGeN3/c67-49-33-37-56(38-34-49)71-64-41-32-48(47-30-35-53(36-31-47)68(50-18-6-1-7-19-50,51-20-8-2-9-21-51)52-22-10-3-11-23-52)44-60(64)62-46-58(40-43-66(62)71)69(54-24-12-4-13-25-54)57-39-42-65-61(45-57)59-28-16-17-29-63(59)70(65)55-26-14-5-15-27-55/h1-46H. The topological polar surface area (TPSA) is 13.1 Å². The summed E-state index contributed by atoms with van der Waals surface area (Å²) in [5.74, 6) is -0.259.